The van der Waals surface area contributed by atoms with E-state index in [9.17, 15) is 24.3 Å². The molecule has 40 heavy (non-hydrogen) atoms. The molecule has 12 heteroatoms. The Morgan fingerprint density at radius 3 is 2.62 bits per heavy atom. The Hall–Kier alpha value is -4.15. The van der Waals surface area contributed by atoms with Crippen LogP contribution in [0, 0.1) is 6.92 Å². The summed E-state index contributed by atoms with van der Waals surface area (Å²) in [6.45, 7) is 1.42. The number of pyridine rings is 1. The molecule has 0 bridgehead atoms. The van der Waals surface area contributed by atoms with Crippen molar-refractivity contribution >= 4 is 52.7 Å². The molecule has 0 unspecified atom stereocenters. The number of carboxylic acids is 1. The number of carbonyl (C=O) groups excluding carboxylic acids is 3. The van der Waals surface area contributed by atoms with E-state index in [1.165, 1.54) is 12.1 Å². The lowest BCUT2D eigenvalue weighted by Gasteiger charge is -2.19. The zero-order valence-electron chi connectivity index (χ0n) is 21.5. The van der Waals surface area contributed by atoms with Crippen LogP contribution in [-0.4, -0.2) is 46.5 Å². The third-order valence-corrected chi connectivity index (χ3v) is 7.13. The summed E-state index contributed by atoms with van der Waals surface area (Å²) in [6.07, 6.45) is 3.21. The van der Waals surface area contributed by atoms with Gasteiger partial charge in [0.05, 0.1) is 40.3 Å². The van der Waals surface area contributed by atoms with Gasteiger partial charge in [0, 0.05) is 11.9 Å². The normalized spacial score (nSPS) is 14.5. The van der Waals surface area contributed by atoms with Gasteiger partial charge in [0.25, 0.3) is 5.91 Å². The third kappa shape index (κ3) is 7.08. The number of anilines is 1. The third-order valence-electron chi connectivity index (χ3n) is 6.43. The van der Waals surface area contributed by atoms with Crippen LogP contribution in [0.15, 0.2) is 54.7 Å². The predicted molar refractivity (Wildman–Crippen MR) is 151 cm³/mol. The van der Waals surface area contributed by atoms with Crippen molar-refractivity contribution in [2.75, 3.05) is 11.9 Å². The van der Waals surface area contributed by atoms with Crippen molar-refractivity contribution in [2.45, 2.75) is 38.3 Å². The Bertz CT molecular complexity index is 1460. The van der Waals surface area contributed by atoms with Gasteiger partial charge in [-0.2, -0.15) is 0 Å². The number of aliphatic carboxylic acids is 1. The summed E-state index contributed by atoms with van der Waals surface area (Å²) in [4.78, 5) is 54.0. The standard InChI is InChI=1S/C28H27Cl2N5O5/c1-15-12-16(10-11-31-15)13-23(36)33-21-9-7-19(29)24(25(21)30)26(37)34-22(27(38)39)14-32-28(40)35-20-8-6-17-4-2-3-5-18(17)20/h2-5,7,9-12,20,22H,6,8,13-14H2,1H3,(H,33,36)(H,34,37)(H,38,39)(H2,32,35,40)/t20-,22+/m1/s1. The van der Waals surface area contributed by atoms with Gasteiger partial charge in [-0.05, 0) is 60.7 Å². The molecule has 0 spiro atoms. The molecule has 0 saturated heterocycles. The van der Waals surface area contributed by atoms with Crippen molar-refractivity contribution in [3.8, 4) is 0 Å². The first kappa shape index (κ1) is 28.8. The average molecular weight is 584 g/mol. The van der Waals surface area contributed by atoms with Crippen LogP contribution in [0.3, 0.4) is 0 Å². The molecular weight excluding hydrogens is 557 g/mol. The van der Waals surface area contributed by atoms with E-state index in [1.807, 2.05) is 31.2 Å². The van der Waals surface area contributed by atoms with E-state index in [0.29, 0.717) is 0 Å². The maximum atomic E-state index is 13.0. The maximum Gasteiger partial charge on any atom is 0.328 e. The van der Waals surface area contributed by atoms with Crippen LogP contribution < -0.4 is 21.3 Å². The second-order valence-electron chi connectivity index (χ2n) is 9.32. The first-order valence-electron chi connectivity index (χ1n) is 12.5. The highest BCUT2D eigenvalue weighted by molar-refractivity contribution is 6.41. The van der Waals surface area contributed by atoms with Crippen molar-refractivity contribution < 1.29 is 24.3 Å². The molecule has 2 atom stereocenters. The van der Waals surface area contributed by atoms with Gasteiger partial charge in [-0.1, -0.05) is 47.5 Å². The number of carbonyl (C=O) groups is 4. The number of aryl methyl sites for hydroxylation is 2. The van der Waals surface area contributed by atoms with E-state index >= 15 is 0 Å². The molecule has 0 aliphatic heterocycles. The molecule has 0 saturated carbocycles. The monoisotopic (exact) mass is 583 g/mol. The van der Waals surface area contributed by atoms with E-state index in [2.05, 4.69) is 26.3 Å². The van der Waals surface area contributed by atoms with Crippen LogP contribution in [0.4, 0.5) is 10.5 Å². The molecule has 2 aromatic carbocycles. The van der Waals surface area contributed by atoms with E-state index in [1.54, 1.807) is 18.3 Å². The van der Waals surface area contributed by atoms with Crippen LogP contribution in [0.25, 0.3) is 0 Å². The number of fused-ring (bicyclic) bond motifs is 1. The second kappa shape index (κ2) is 12.8. The number of amides is 4. The van der Waals surface area contributed by atoms with Crippen LogP contribution in [0.5, 0.6) is 0 Å². The highest BCUT2D eigenvalue weighted by Gasteiger charge is 2.27. The molecular formula is C28H27Cl2N5O5. The highest BCUT2D eigenvalue weighted by Crippen LogP contribution is 2.32. The lowest BCUT2D eigenvalue weighted by Crippen LogP contribution is -2.50. The van der Waals surface area contributed by atoms with E-state index in [0.717, 1.165) is 35.2 Å². The minimum absolute atomic E-state index is 0.0417. The summed E-state index contributed by atoms with van der Waals surface area (Å²) < 4.78 is 0. The molecule has 4 amide bonds. The summed E-state index contributed by atoms with van der Waals surface area (Å²) in [5, 5.41) is 19.8. The van der Waals surface area contributed by atoms with E-state index < -0.39 is 30.5 Å². The Morgan fingerprint density at radius 2 is 1.88 bits per heavy atom. The van der Waals surface area contributed by atoms with E-state index in [-0.39, 0.29) is 39.7 Å². The zero-order chi connectivity index (χ0) is 28.8. The van der Waals surface area contributed by atoms with Crippen LogP contribution in [-0.2, 0) is 22.4 Å². The lowest BCUT2D eigenvalue weighted by atomic mass is 10.1. The Balaban J connectivity index is 1.38. The molecule has 10 nitrogen and oxygen atoms in total. The smallest absolute Gasteiger partial charge is 0.328 e. The number of nitrogens with one attached hydrogen (secondary N) is 4. The van der Waals surface area contributed by atoms with Gasteiger partial charge < -0.3 is 26.4 Å². The van der Waals surface area contributed by atoms with Gasteiger partial charge in [-0.3, -0.25) is 14.6 Å². The Labute approximate surface area is 240 Å². The summed E-state index contributed by atoms with van der Waals surface area (Å²) in [6, 6.07) is 11.8. The van der Waals surface area contributed by atoms with Crippen LogP contribution >= 0.6 is 23.2 Å². The van der Waals surface area contributed by atoms with Crippen molar-refractivity contribution in [3.05, 3.63) is 92.7 Å². The zero-order valence-corrected chi connectivity index (χ0v) is 23.0. The number of halogens is 2. The van der Waals surface area contributed by atoms with Crippen LogP contribution in [0.2, 0.25) is 10.0 Å². The number of urea groups is 1. The molecule has 1 heterocycles. The number of hydrogen-bond acceptors (Lipinski definition) is 5. The summed E-state index contributed by atoms with van der Waals surface area (Å²) >= 11 is 12.6. The van der Waals surface area contributed by atoms with Crippen molar-refractivity contribution in [3.63, 3.8) is 0 Å². The molecule has 0 fully saturated rings. The second-order valence-corrected chi connectivity index (χ2v) is 10.1. The summed E-state index contributed by atoms with van der Waals surface area (Å²) in [5.41, 5.74) is 3.60. The Kier molecular flexibility index (Phi) is 9.23. The van der Waals surface area contributed by atoms with Gasteiger partial charge >= 0.3 is 12.0 Å². The topological polar surface area (TPSA) is 150 Å². The maximum absolute atomic E-state index is 13.0. The quantitative estimate of drug-likeness (QED) is 0.256. The minimum Gasteiger partial charge on any atom is -0.480 e. The molecule has 5 N–H and O–H groups in total. The van der Waals surface area contributed by atoms with E-state index in [4.69, 9.17) is 23.2 Å². The van der Waals surface area contributed by atoms with Gasteiger partial charge in [0.2, 0.25) is 5.91 Å². The number of aromatic nitrogens is 1. The molecule has 208 valence electrons. The predicted octanol–water partition coefficient (Wildman–Crippen LogP) is 4.05. The summed E-state index contributed by atoms with van der Waals surface area (Å²) in [7, 11) is 0. The van der Waals surface area contributed by atoms with Gasteiger partial charge in [-0.25, -0.2) is 9.59 Å². The number of rotatable bonds is 9. The SMILES string of the molecule is Cc1cc(CC(=O)Nc2ccc(Cl)c(C(=O)N[C@@H](CNC(=O)N[C@@H]3CCc4ccccc43)C(=O)O)c2Cl)ccn1. The van der Waals surface area contributed by atoms with Gasteiger partial charge in [0.15, 0.2) is 0 Å². The number of carboxylic acid groups (broad SMARTS) is 1. The van der Waals surface area contributed by atoms with Crippen molar-refractivity contribution in [1.82, 2.24) is 20.9 Å². The lowest BCUT2D eigenvalue weighted by molar-refractivity contribution is -0.139. The fourth-order valence-electron chi connectivity index (χ4n) is 4.49. The average Bonchev–Trinajstić information content (AvgIpc) is 3.30. The Morgan fingerprint density at radius 1 is 1.10 bits per heavy atom. The van der Waals surface area contributed by atoms with Crippen LogP contribution in [0.1, 0.15) is 45.2 Å². The number of hydrogen-bond donors (Lipinski definition) is 5. The molecule has 1 aliphatic carbocycles. The molecule has 0 radical (unpaired) electrons. The number of benzene rings is 2. The number of nitrogens with zero attached hydrogens (tertiary/aromatic N) is 1. The summed E-state index contributed by atoms with van der Waals surface area (Å²) in [5.74, 6) is -2.64. The first-order chi connectivity index (χ1) is 19.1. The highest BCUT2D eigenvalue weighted by atomic mass is 35.5. The fraction of sp³-hybridized carbons (Fsp3) is 0.250. The molecule has 1 aliphatic rings. The van der Waals surface area contributed by atoms with Gasteiger partial charge in [-0.15, -0.1) is 0 Å². The minimum atomic E-state index is -1.48. The fourth-order valence-corrected chi connectivity index (χ4v) is 5.08. The molecule has 3 aromatic rings. The first-order valence-corrected chi connectivity index (χ1v) is 13.2. The van der Waals surface area contributed by atoms with Crippen molar-refractivity contribution in [1.29, 1.82) is 0 Å². The largest absolute Gasteiger partial charge is 0.480 e. The molecule has 4 rings (SSSR count). The van der Waals surface area contributed by atoms with Crippen molar-refractivity contribution in [2.24, 2.45) is 0 Å². The van der Waals surface area contributed by atoms with Gasteiger partial charge in [0.1, 0.15) is 6.04 Å². The molecule has 1 aromatic heterocycles.